The fourth-order valence-corrected chi connectivity index (χ4v) is 4.62. The van der Waals surface area contributed by atoms with Crippen molar-refractivity contribution < 1.29 is 46.7 Å². The number of esters is 3. The van der Waals surface area contributed by atoms with E-state index >= 15 is 0 Å². The maximum absolute atomic E-state index is 13.3. The Balaban J connectivity index is 2.14. The number of benzene rings is 2. The number of rotatable bonds is 10. The van der Waals surface area contributed by atoms with E-state index in [-0.39, 0.29) is 53.2 Å². The number of methoxy groups -OCH3 is 1. The van der Waals surface area contributed by atoms with Crippen LogP contribution < -0.4 is 0 Å². The van der Waals surface area contributed by atoms with Gasteiger partial charge in [-0.3, -0.25) is 19.9 Å². The van der Waals surface area contributed by atoms with Gasteiger partial charge in [-0.15, -0.1) is 0 Å². The van der Waals surface area contributed by atoms with Crippen LogP contribution in [0.5, 0.6) is 0 Å². The standard InChI is InChI=1S/C28H27F3N2O8/c1-4-40-26(35)24-20(13-14-21(17-9-6-5-7-10-17)41-27(36)28(29,30)31)32-16(2)22(25(34)39-3)23(24)18-11-8-12-19(15-18)33(37)38/h5-12,15,21-23H,4,13-14H2,1-3H3. The summed E-state index contributed by atoms with van der Waals surface area (Å²) >= 11 is 0. The molecule has 1 aliphatic rings. The summed E-state index contributed by atoms with van der Waals surface area (Å²) in [5.41, 5.74) is 0.387. The van der Waals surface area contributed by atoms with E-state index in [0.717, 1.165) is 7.11 Å². The van der Waals surface area contributed by atoms with Crippen molar-refractivity contribution in [2.24, 2.45) is 10.9 Å². The molecular weight excluding hydrogens is 549 g/mol. The highest BCUT2D eigenvalue weighted by atomic mass is 19.4. The van der Waals surface area contributed by atoms with Crippen molar-refractivity contribution in [1.82, 2.24) is 0 Å². The zero-order valence-corrected chi connectivity index (χ0v) is 22.3. The van der Waals surface area contributed by atoms with E-state index in [2.05, 4.69) is 4.99 Å². The van der Waals surface area contributed by atoms with Gasteiger partial charge in [0.05, 0.1) is 29.9 Å². The van der Waals surface area contributed by atoms with Gasteiger partial charge < -0.3 is 14.2 Å². The van der Waals surface area contributed by atoms with Gasteiger partial charge >= 0.3 is 24.1 Å². The summed E-state index contributed by atoms with van der Waals surface area (Å²) in [5, 5.41) is 11.5. The average molecular weight is 577 g/mol. The van der Waals surface area contributed by atoms with Crippen LogP contribution in [0.15, 0.2) is 70.9 Å². The fraction of sp³-hybridized carbons (Fsp3) is 0.357. The van der Waals surface area contributed by atoms with Gasteiger partial charge in [0.25, 0.3) is 5.69 Å². The molecule has 3 rings (SSSR count). The van der Waals surface area contributed by atoms with Crippen molar-refractivity contribution in [3.63, 3.8) is 0 Å². The van der Waals surface area contributed by atoms with Crippen LogP contribution in [0.3, 0.4) is 0 Å². The fourth-order valence-electron chi connectivity index (χ4n) is 4.62. The lowest BCUT2D eigenvalue weighted by atomic mass is 9.75. The van der Waals surface area contributed by atoms with Gasteiger partial charge in [-0.25, -0.2) is 9.59 Å². The van der Waals surface area contributed by atoms with Crippen molar-refractivity contribution >= 4 is 29.3 Å². The van der Waals surface area contributed by atoms with E-state index in [4.69, 9.17) is 14.2 Å². The molecule has 3 unspecified atom stereocenters. The Morgan fingerprint density at radius 3 is 2.37 bits per heavy atom. The third-order valence-electron chi connectivity index (χ3n) is 6.40. The average Bonchev–Trinajstić information content (AvgIpc) is 2.94. The molecule has 0 aromatic heterocycles. The van der Waals surface area contributed by atoms with Crippen LogP contribution in [0.4, 0.5) is 18.9 Å². The number of nitro groups is 1. The van der Waals surface area contributed by atoms with Gasteiger partial charge in [-0.1, -0.05) is 42.5 Å². The maximum atomic E-state index is 13.3. The zero-order chi connectivity index (χ0) is 30.3. The van der Waals surface area contributed by atoms with Crippen LogP contribution in [-0.2, 0) is 28.6 Å². The Hall–Kier alpha value is -4.55. The molecule has 41 heavy (non-hydrogen) atoms. The van der Waals surface area contributed by atoms with Crippen LogP contribution >= 0.6 is 0 Å². The first-order valence-corrected chi connectivity index (χ1v) is 12.5. The second-order valence-corrected chi connectivity index (χ2v) is 9.01. The van der Waals surface area contributed by atoms with E-state index in [9.17, 15) is 37.7 Å². The molecule has 1 aliphatic heterocycles. The first kappa shape index (κ1) is 31.0. The van der Waals surface area contributed by atoms with Gasteiger partial charge in [0.1, 0.15) is 12.0 Å². The van der Waals surface area contributed by atoms with E-state index in [1.54, 1.807) is 25.1 Å². The molecule has 0 radical (unpaired) electrons. The van der Waals surface area contributed by atoms with Gasteiger partial charge in [-0.2, -0.15) is 13.2 Å². The molecule has 2 aromatic rings. The highest BCUT2D eigenvalue weighted by Crippen LogP contribution is 2.43. The van der Waals surface area contributed by atoms with E-state index in [1.165, 1.54) is 43.3 Å². The quantitative estimate of drug-likeness (QED) is 0.159. The Bertz CT molecular complexity index is 1370. The van der Waals surface area contributed by atoms with Crippen LogP contribution in [0.1, 0.15) is 49.8 Å². The van der Waals surface area contributed by atoms with E-state index in [0.29, 0.717) is 0 Å². The van der Waals surface area contributed by atoms with Crippen molar-refractivity contribution in [2.45, 2.75) is 44.9 Å². The molecule has 0 bridgehead atoms. The summed E-state index contributed by atoms with van der Waals surface area (Å²) in [6.07, 6.45) is -6.98. The number of halogens is 3. The number of nitrogens with zero attached hydrogens (tertiary/aromatic N) is 2. The lowest BCUT2D eigenvalue weighted by molar-refractivity contribution is -0.384. The Morgan fingerprint density at radius 1 is 1.10 bits per heavy atom. The number of nitro benzene ring substituents is 1. The van der Waals surface area contributed by atoms with Crippen LogP contribution in [0.25, 0.3) is 0 Å². The SMILES string of the molecule is CCOC(=O)C1=C(CCC(OC(=O)C(F)(F)F)c2ccccc2)N=C(C)C(C(=O)OC)C1c1cccc([N+](=O)[O-])c1. The highest BCUT2D eigenvalue weighted by Gasteiger charge is 2.44. The number of aliphatic imine (C=N–C) groups is 1. The Kier molecular flexibility index (Phi) is 9.98. The van der Waals surface area contributed by atoms with Crippen LogP contribution in [-0.4, -0.2) is 48.4 Å². The van der Waals surface area contributed by atoms with Gasteiger partial charge in [-0.05, 0) is 37.8 Å². The predicted molar refractivity (Wildman–Crippen MR) is 139 cm³/mol. The summed E-state index contributed by atoms with van der Waals surface area (Å²) < 4.78 is 54.1. The second kappa shape index (κ2) is 13.2. The third-order valence-corrected chi connectivity index (χ3v) is 6.40. The minimum absolute atomic E-state index is 0.0569. The molecule has 0 N–H and O–H groups in total. The van der Waals surface area contributed by atoms with Crippen molar-refractivity contribution in [3.8, 4) is 0 Å². The number of allylic oxidation sites excluding steroid dienone is 1. The molecule has 218 valence electrons. The number of carbonyl (C=O) groups excluding carboxylic acids is 3. The van der Waals surface area contributed by atoms with Crippen LogP contribution in [0, 0.1) is 16.0 Å². The van der Waals surface area contributed by atoms with Gasteiger partial charge in [0, 0.05) is 23.8 Å². The molecule has 3 atom stereocenters. The number of non-ortho nitro benzene ring substituents is 1. The summed E-state index contributed by atoms with van der Waals surface area (Å²) in [6, 6.07) is 13.1. The van der Waals surface area contributed by atoms with Crippen molar-refractivity contribution in [2.75, 3.05) is 13.7 Å². The molecule has 13 heteroatoms. The van der Waals surface area contributed by atoms with Gasteiger partial charge in [0.15, 0.2) is 0 Å². The van der Waals surface area contributed by atoms with Crippen LogP contribution in [0.2, 0.25) is 0 Å². The topological polar surface area (TPSA) is 134 Å². The zero-order valence-electron chi connectivity index (χ0n) is 22.3. The normalized spacial score (nSPS) is 17.8. The number of carbonyl (C=O) groups is 3. The number of ether oxygens (including phenoxy) is 3. The number of hydrogen-bond donors (Lipinski definition) is 0. The third kappa shape index (κ3) is 7.35. The molecule has 10 nitrogen and oxygen atoms in total. The lowest BCUT2D eigenvalue weighted by Crippen LogP contribution is -2.36. The smallest absolute Gasteiger partial charge is 0.468 e. The minimum atomic E-state index is -5.23. The minimum Gasteiger partial charge on any atom is -0.468 e. The maximum Gasteiger partial charge on any atom is 0.490 e. The molecule has 0 amide bonds. The molecule has 0 fully saturated rings. The molecule has 0 aliphatic carbocycles. The number of hydrogen-bond acceptors (Lipinski definition) is 9. The summed E-state index contributed by atoms with van der Waals surface area (Å²) in [7, 11) is 1.14. The summed E-state index contributed by atoms with van der Waals surface area (Å²) in [4.78, 5) is 53.3. The largest absolute Gasteiger partial charge is 0.490 e. The first-order valence-electron chi connectivity index (χ1n) is 12.5. The molecule has 1 heterocycles. The number of alkyl halides is 3. The Morgan fingerprint density at radius 2 is 1.78 bits per heavy atom. The predicted octanol–water partition coefficient (Wildman–Crippen LogP) is 5.39. The molecule has 0 saturated heterocycles. The van der Waals surface area contributed by atoms with Crippen molar-refractivity contribution in [3.05, 3.63) is 87.1 Å². The van der Waals surface area contributed by atoms with E-state index < -0.39 is 46.9 Å². The van der Waals surface area contributed by atoms with Gasteiger partial charge in [0.2, 0.25) is 0 Å². The Labute approximate surface area is 233 Å². The first-order chi connectivity index (χ1) is 19.4. The van der Waals surface area contributed by atoms with Crippen molar-refractivity contribution in [1.29, 1.82) is 0 Å². The molecule has 2 aromatic carbocycles. The lowest BCUT2D eigenvalue weighted by Gasteiger charge is -2.32. The molecule has 0 spiro atoms. The summed E-state index contributed by atoms with van der Waals surface area (Å²) in [5.74, 6) is -6.29. The summed E-state index contributed by atoms with van der Waals surface area (Å²) in [6.45, 7) is 3.00. The highest BCUT2D eigenvalue weighted by molar-refractivity contribution is 6.07. The molecule has 0 saturated carbocycles. The second-order valence-electron chi connectivity index (χ2n) is 9.01. The monoisotopic (exact) mass is 576 g/mol. The molecular formula is C28H27F3N2O8. The van der Waals surface area contributed by atoms with E-state index in [1.807, 2.05) is 0 Å².